The van der Waals surface area contributed by atoms with Crippen LogP contribution < -0.4 is 5.43 Å². The third-order valence-corrected chi connectivity index (χ3v) is 3.20. The average molecular weight is 235 g/mol. The number of methoxy groups -OCH3 is 1. The van der Waals surface area contributed by atoms with Crippen molar-refractivity contribution in [1.29, 1.82) is 0 Å². The zero-order valence-electron chi connectivity index (χ0n) is 10.3. The van der Waals surface area contributed by atoms with E-state index in [0.29, 0.717) is 0 Å². The molecule has 0 atom stereocenters. The number of fused-ring (bicyclic) bond motifs is 1. The van der Waals surface area contributed by atoms with E-state index in [9.17, 15) is 9.59 Å². The lowest BCUT2D eigenvalue weighted by atomic mass is 10.1. The lowest BCUT2D eigenvalue weighted by Crippen LogP contribution is -2.24. The molecule has 92 valence electrons. The van der Waals surface area contributed by atoms with Crippen molar-refractivity contribution in [3.8, 4) is 0 Å². The maximum Gasteiger partial charge on any atom is 0.343 e. The molecular weight excluding hydrogens is 218 g/mol. The first-order valence-corrected chi connectivity index (χ1v) is 6.03. The minimum Gasteiger partial charge on any atom is -0.465 e. The van der Waals surface area contributed by atoms with Crippen LogP contribution in [-0.2, 0) is 24.1 Å². The standard InChI is InChI=1S/C13H17NO3/c1-3-5-10-12(13(16)17-2)11(15)8-9-6-4-7-14(9)10/h8H,3-7H2,1-2H3. The molecule has 2 rings (SSSR count). The van der Waals surface area contributed by atoms with Crippen LogP contribution in [0.4, 0.5) is 0 Å². The minimum absolute atomic E-state index is 0.201. The van der Waals surface area contributed by atoms with Crippen molar-refractivity contribution < 1.29 is 9.53 Å². The Morgan fingerprint density at radius 1 is 1.53 bits per heavy atom. The third kappa shape index (κ3) is 1.99. The molecule has 0 aliphatic carbocycles. The summed E-state index contributed by atoms with van der Waals surface area (Å²) < 4.78 is 6.82. The van der Waals surface area contributed by atoms with Crippen LogP contribution in [0.3, 0.4) is 0 Å². The summed E-state index contributed by atoms with van der Waals surface area (Å²) in [5.74, 6) is -0.513. The maximum absolute atomic E-state index is 12.0. The van der Waals surface area contributed by atoms with E-state index in [0.717, 1.165) is 43.6 Å². The SMILES string of the molecule is CCCc1c(C(=O)OC)c(=O)cc2n1CCC2. The van der Waals surface area contributed by atoms with Gasteiger partial charge in [-0.1, -0.05) is 13.3 Å². The molecule has 0 fully saturated rings. The quantitative estimate of drug-likeness (QED) is 0.746. The Morgan fingerprint density at radius 2 is 2.29 bits per heavy atom. The van der Waals surface area contributed by atoms with Crippen LogP contribution in [0.5, 0.6) is 0 Å². The van der Waals surface area contributed by atoms with E-state index in [1.807, 2.05) is 6.92 Å². The molecule has 1 aliphatic heterocycles. The van der Waals surface area contributed by atoms with Crippen LogP contribution in [0.2, 0.25) is 0 Å². The van der Waals surface area contributed by atoms with E-state index in [2.05, 4.69) is 4.57 Å². The van der Waals surface area contributed by atoms with Crippen molar-refractivity contribution in [2.24, 2.45) is 0 Å². The summed E-state index contributed by atoms with van der Waals surface area (Å²) in [5, 5.41) is 0. The second kappa shape index (κ2) is 4.73. The molecule has 0 bridgehead atoms. The summed E-state index contributed by atoms with van der Waals surface area (Å²) in [6, 6.07) is 1.58. The lowest BCUT2D eigenvalue weighted by molar-refractivity contribution is 0.0596. The Morgan fingerprint density at radius 3 is 2.94 bits per heavy atom. The molecule has 1 aromatic rings. The molecule has 17 heavy (non-hydrogen) atoms. The van der Waals surface area contributed by atoms with Crippen molar-refractivity contribution in [2.45, 2.75) is 39.2 Å². The number of rotatable bonds is 3. The molecule has 0 N–H and O–H groups in total. The molecule has 0 amide bonds. The number of hydrogen-bond acceptors (Lipinski definition) is 3. The van der Waals surface area contributed by atoms with Gasteiger partial charge in [0.2, 0.25) is 0 Å². The van der Waals surface area contributed by atoms with Crippen LogP contribution in [0.1, 0.15) is 41.5 Å². The number of pyridine rings is 1. The molecule has 4 heteroatoms. The number of nitrogens with zero attached hydrogens (tertiary/aromatic N) is 1. The van der Waals surface area contributed by atoms with E-state index in [1.165, 1.54) is 7.11 Å². The van der Waals surface area contributed by atoms with Crippen LogP contribution in [0, 0.1) is 0 Å². The largest absolute Gasteiger partial charge is 0.465 e. The van der Waals surface area contributed by atoms with Crippen LogP contribution in [0.25, 0.3) is 0 Å². The van der Waals surface area contributed by atoms with Gasteiger partial charge in [0.05, 0.1) is 7.11 Å². The van der Waals surface area contributed by atoms with Crippen molar-refractivity contribution in [3.63, 3.8) is 0 Å². The normalized spacial score (nSPS) is 13.5. The van der Waals surface area contributed by atoms with Crippen molar-refractivity contribution in [2.75, 3.05) is 7.11 Å². The average Bonchev–Trinajstić information content (AvgIpc) is 2.76. The second-order valence-corrected chi connectivity index (χ2v) is 4.32. The van der Waals surface area contributed by atoms with Gasteiger partial charge in [0.25, 0.3) is 0 Å². The fraction of sp³-hybridized carbons (Fsp3) is 0.538. The number of esters is 1. The molecular formula is C13H17NO3. The van der Waals surface area contributed by atoms with Gasteiger partial charge in [-0.2, -0.15) is 0 Å². The summed E-state index contributed by atoms with van der Waals surface area (Å²) in [6.45, 7) is 2.94. The lowest BCUT2D eigenvalue weighted by Gasteiger charge is -2.14. The first kappa shape index (κ1) is 11.9. The monoisotopic (exact) mass is 235 g/mol. The number of carbonyl (C=O) groups excluding carboxylic acids is 1. The summed E-state index contributed by atoms with van der Waals surface area (Å²) in [4.78, 5) is 23.7. The summed E-state index contributed by atoms with van der Waals surface area (Å²) in [7, 11) is 1.31. The van der Waals surface area contributed by atoms with Crippen LogP contribution in [-0.4, -0.2) is 17.6 Å². The zero-order chi connectivity index (χ0) is 12.4. The topological polar surface area (TPSA) is 48.3 Å². The molecule has 0 saturated carbocycles. The molecule has 0 radical (unpaired) electrons. The van der Waals surface area contributed by atoms with Gasteiger partial charge < -0.3 is 9.30 Å². The van der Waals surface area contributed by atoms with Crippen molar-refractivity contribution >= 4 is 5.97 Å². The highest BCUT2D eigenvalue weighted by atomic mass is 16.5. The van der Waals surface area contributed by atoms with Gasteiger partial charge in [0.15, 0.2) is 5.43 Å². The Kier molecular flexibility index (Phi) is 3.31. The summed E-state index contributed by atoms with van der Waals surface area (Å²) in [5.41, 5.74) is 1.92. The number of aromatic nitrogens is 1. The molecule has 1 aliphatic rings. The second-order valence-electron chi connectivity index (χ2n) is 4.32. The van der Waals surface area contributed by atoms with E-state index < -0.39 is 5.97 Å². The third-order valence-electron chi connectivity index (χ3n) is 3.20. The predicted octanol–water partition coefficient (Wildman–Crippen LogP) is 1.53. The van der Waals surface area contributed by atoms with Crippen LogP contribution in [0.15, 0.2) is 10.9 Å². The highest BCUT2D eigenvalue weighted by Gasteiger charge is 2.23. The van der Waals surface area contributed by atoms with Gasteiger partial charge in [-0.3, -0.25) is 4.79 Å². The summed E-state index contributed by atoms with van der Waals surface area (Å²) in [6.07, 6.45) is 3.62. The predicted molar refractivity (Wildman–Crippen MR) is 64.4 cm³/mol. The number of carbonyl (C=O) groups is 1. The van der Waals surface area contributed by atoms with Gasteiger partial charge >= 0.3 is 5.97 Å². The summed E-state index contributed by atoms with van der Waals surface area (Å²) >= 11 is 0. The molecule has 2 heterocycles. The zero-order valence-corrected chi connectivity index (χ0v) is 10.3. The maximum atomic E-state index is 12.0. The molecule has 1 aromatic heterocycles. The Bertz CT molecular complexity index is 502. The number of aryl methyl sites for hydroxylation is 1. The van der Waals surface area contributed by atoms with Gasteiger partial charge in [0, 0.05) is 24.0 Å². The molecule has 0 unspecified atom stereocenters. The Hall–Kier alpha value is -1.58. The van der Waals surface area contributed by atoms with Crippen LogP contribution >= 0.6 is 0 Å². The van der Waals surface area contributed by atoms with Gasteiger partial charge in [0.1, 0.15) is 5.56 Å². The first-order chi connectivity index (χ1) is 8.19. The molecule has 4 nitrogen and oxygen atoms in total. The minimum atomic E-state index is -0.513. The van der Waals surface area contributed by atoms with E-state index in [4.69, 9.17) is 4.74 Å². The smallest absolute Gasteiger partial charge is 0.343 e. The first-order valence-electron chi connectivity index (χ1n) is 6.03. The van der Waals surface area contributed by atoms with Gasteiger partial charge in [-0.15, -0.1) is 0 Å². The Labute approximate surface area is 100 Å². The number of ether oxygens (including phenoxy) is 1. The fourth-order valence-electron chi connectivity index (χ4n) is 2.47. The van der Waals surface area contributed by atoms with Crippen molar-refractivity contribution in [3.05, 3.63) is 33.2 Å². The van der Waals surface area contributed by atoms with E-state index in [-0.39, 0.29) is 11.0 Å². The number of hydrogen-bond donors (Lipinski definition) is 0. The fourth-order valence-corrected chi connectivity index (χ4v) is 2.47. The molecule has 0 aromatic carbocycles. The molecule has 0 saturated heterocycles. The van der Waals surface area contributed by atoms with Gasteiger partial charge in [-0.25, -0.2) is 4.79 Å². The van der Waals surface area contributed by atoms with Gasteiger partial charge in [-0.05, 0) is 19.3 Å². The van der Waals surface area contributed by atoms with E-state index in [1.54, 1.807) is 6.07 Å². The highest BCUT2D eigenvalue weighted by Crippen LogP contribution is 2.19. The van der Waals surface area contributed by atoms with E-state index >= 15 is 0 Å². The van der Waals surface area contributed by atoms with Crippen molar-refractivity contribution in [1.82, 2.24) is 4.57 Å². The molecule has 0 spiro atoms. The Balaban J connectivity index is 2.64. The highest BCUT2D eigenvalue weighted by molar-refractivity contribution is 5.90.